The van der Waals surface area contributed by atoms with E-state index >= 15 is 0 Å². The molecule has 0 bridgehead atoms. The summed E-state index contributed by atoms with van der Waals surface area (Å²) in [6, 6.07) is 7.66. The Labute approximate surface area is 85.5 Å². The number of rotatable bonds is 1. The minimum atomic E-state index is -2.51. The van der Waals surface area contributed by atoms with E-state index in [0.29, 0.717) is 0 Å². The third-order valence-electron chi connectivity index (χ3n) is 2.75. The third-order valence-corrected chi connectivity index (χ3v) is 2.75. The zero-order chi connectivity index (χ0) is 10.5. The van der Waals surface area contributed by atoms with Crippen LogP contribution in [0.25, 0.3) is 10.9 Å². The quantitative estimate of drug-likeness (QED) is 0.763. The number of fused-ring (bicyclic) bond motifs is 1. The van der Waals surface area contributed by atoms with E-state index in [0.717, 1.165) is 16.6 Å². The van der Waals surface area contributed by atoms with Gasteiger partial charge < -0.3 is 9.88 Å². The maximum Gasteiger partial charge on any atom is 0.282 e. The number of anilines is 1. The monoisotopic (exact) mass is 208 g/mol. The lowest BCUT2D eigenvalue weighted by atomic mass is 10.1. The van der Waals surface area contributed by atoms with Gasteiger partial charge in [-0.15, -0.1) is 0 Å². The third kappa shape index (κ3) is 1.37. The Morgan fingerprint density at radius 3 is 2.73 bits per heavy atom. The summed E-state index contributed by atoms with van der Waals surface area (Å²) in [7, 11) is 0. The molecule has 4 heteroatoms. The normalized spacial score (nSPS) is 19.2. The lowest BCUT2D eigenvalue weighted by molar-refractivity contribution is -0.0262. The number of nitrogens with zero attached hydrogens (tertiary/aromatic N) is 1. The zero-order valence-corrected chi connectivity index (χ0v) is 8.00. The lowest BCUT2D eigenvalue weighted by Crippen LogP contribution is -2.56. The molecule has 1 saturated heterocycles. The molecule has 0 atom stereocenters. The van der Waals surface area contributed by atoms with Gasteiger partial charge >= 0.3 is 0 Å². The predicted octanol–water partition coefficient (Wildman–Crippen LogP) is 2.62. The molecular weight excluding hydrogens is 198 g/mol. The molecule has 78 valence electrons. The van der Waals surface area contributed by atoms with Crippen molar-refractivity contribution in [2.45, 2.75) is 5.92 Å². The molecule has 1 aromatic carbocycles. The molecule has 0 aliphatic carbocycles. The van der Waals surface area contributed by atoms with E-state index in [4.69, 9.17) is 0 Å². The number of benzene rings is 1. The van der Waals surface area contributed by atoms with Crippen LogP contribution >= 0.6 is 0 Å². The second kappa shape index (κ2) is 2.72. The average molecular weight is 208 g/mol. The van der Waals surface area contributed by atoms with Crippen molar-refractivity contribution in [2.75, 3.05) is 18.0 Å². The second-order valence-electron chi connectivity index (χ2n) is 3.96. The molecule has 0 radical (unpaired) electrons. The molecular formula is C11H10F2N2. The Morgan fingerprint density at radius 2 is 2.00 bits per heavy atom. The Bertz CT molecular complexity index is 496. The van der Waals surface area contributed by atoms with Crippen molar-refractivity contribution in [3.63, 3.8) is 0 Å². The molecule has 2 heterocycles. The molecule has 1 aliphatic rings. The van der Waals surface area contributed by atoms with Gasteiger partial charge in [0.25, 0.3) is 5.92 Å². The van der Waals surface area contributed by atoms with Crippen molar-refractivity contribution in [2.24, 2.45) is 0 Å². The van der Waals surface area contributed by atoms with Crippen molar-refractivity contribution in [1.29, 1.82) is 0 Å². The minimum absolute atomic E-state index is 0.164. The van der Waals surface area contributed by atoms with Gasteiger partial charge in [0.05, 0.1) is 13.1 Å². The Morgan fingerprint density at radius 1 is 1.20 bits per heavy atom. The highest BCUT2D eigenvalue weighted by Gasteiger charge is 2.43. The highest BCUT2D eigenvalue weighted by Crippen LogP contribution is 2.32. The molecule has 1 aliphatic heterocycles. The molecule has 3 rings (SSSR count). The number of aromatic amines is 1. The molecule has 0 saturated carbocycles. The first-order valence-electron chi connectivity index (χ1n) is 4.84. The van der Waals surface area contributed by atoms with Gasteiger partial charge in [0, 0.05) is 22.8 Å². The van der Waals surface area contributed by atoms with Crippen LogP contribution in [0.5, 0.6) is 0 Å². The van der Waals surface area contributed by atoms with Crippen LogP contribution in [-0.4, -0.2) is 24.0 Å². The maximum atomic E-state index is 12.7. The number of H-pyrrole nitrogens is 1. The van der Waals surface area contributed by atoms with Gasteiger partial charge in [0.2, 0.25) is 0 Å². The van der Waals surface area contributed by atoms with Gasteiger partial charge in [-0.1, -0.05) is 0 Å². The van der Waals surface area contributed by atoms with E-state index in [1.807, 2.05) is 30.5 Å². The van der Waals surface area contributed by atoms with Gasteiger partial charge in [-0.3, -0.25) is 0 Å². The number of nitrogens with one attached hydrogen (secondary N) is 1. The summed E-state index contributed by atoms with van der Waals surface area (Å²) in [6.07, 6.45) is 1.85. The van der Waals surface area contributed by atoms with Crippen LogP contribution in [0.1, 0.15) is 0 Å². The number of hydrogen-bond donors (Lipinski definition) is 1. The smallest absolute Gasteiger partial charge is 0.282 e. The highest BCUT2D eigenvalue weighted by atomic mass is 19.3. The molecule has 1 aromatic heterocycles. The van der Waals surface area contributed by atoms with Gasteiger partial charge in [0.1, 0.15) is 0 Å². The van der Waals surface area contributed by atoms with Crippen LogP contribution in [0.3, 0.4) is 0 Å². The fourth-order valence-corrected chi connectivity index (χ4v) is 1.93. The average Bonchev–Trinajstić information content (AvgIpc) is 2.60. The predicted molar refractivity (Wildman–Crippen MR) is 55.5 cm³/mol. The molecule has 0 spiro atoms. The van der Waals surface area contributed by atoms with E-state index in [1.54, 1.807) is 4.90 Å². The SMILES string of the molecule is FC1(F)CN(c2ccc3[nH]ccc3c2)C1. The van der Waals surface area contributed by atoms with Gasteiger partial charge in [-0.25, -0.2) is 8.78 Å². The molecule has 15 heavy (non-hydrogen) atoms. The number of hydrogen-bond acceptors (Lipinski definition) is 1. The standard InChI is InChI=1S/C11H10F2N2/c12-11(13)6-15(7-11)9-1-2-10-8(5-9)3-4-14-10/h1-5,14H,6-7H2. The van der Waals surface area contributed by atoms with Crippen molar-refractivity contribution in [1.82, 2.24) is 4.98 Å². The summed E-state index contributed by atoms with van der Waals surface area (Å²) in [4.78, 5) is 4.76. The van der Waals surface area contributed by atoms with Crippen LogP contribution in [0.4, 0.5) is 14.5 Å². The topological polar surface area (TPSA) is 19.0 Å². The summed E-state index contributed by atoms with van der Waals surface area (Å²) in [5, 5.41) is 1.06. The summed E-state index contributed by atoms with van der Waals surface area (Å²) < 4.78 is 25.4. The first-order valence-corrected chi connectivity index (χ1v) is 4.84. The fraction of sp³-hybridized carbons (Fsp3) is 0.273. The van der Waals surface area contributed by atoms with E-state index < -0.39 is 5.92 Å². The zero-order valence-electron chi connectivity index (χ0n) is 8.00. The van der Waals surface area contributed by atoms with Gasteiger partial charge in [0.15, 0.2) is 0 Å². The first kappa shape index (κ1) is 8.71. The summed E-state index contributed by atoms with van der Waals surface area (Å²) >= 11 is 0. The summed E-state index contributed by atoms with van der Waals surface area (Å²) in [5.74, 6) is -2.51. The van der Waals surface area contributed by atoms with E-state index in [-0.39, 0.29) is 13.1 Å². The number of aromatic nitrogens is 1. The van der Waals surface area contributed by atoms with Crippen LogP contribution in [0.2, 0.25) is 0 Å². The molecule has 1 fully saturated rings. The number of halogens is 2. The van der Waals surface area contributed by atoms with Gasteiger partial charge in [-0.05, 0) is 24.3 Å². The van der Waals surface area contributed by atoms with Crippen LogP contribution in [0, 0.1) is 0 Å². The lowest BCUT2D eigenvalue weighted by Gasteiger charge is -2.40. The van der Waals surface area contributed by atoms with Crippen molar-refractivity contribution in [3.05, 3.63) is 30.5 Å². The summed E-state index contributed by atoms with van der Waals surface area (Å²) in [5.41, 5.74) is 1.90. The minimum Gasteiger partial charge on any atom is -0.361 e. The van der Waals surface area contributed by atoms with Crippen molar-refractivity contribution < 1.29 is 8.78 Å². The fourth-order valence-electron chi connectivity index (χ4n) is 1.93. The van der Waals surface area contributed by atoms with E-state index in [2.05, 4.69) is 4.98 Å². The van der Waals surface area contributed by atoms with Crippen LogP contribution in [0.15, 0.2) is 30.5 Å². The maximum absolute atomic E-state index is 12.7. The van der Waals surface area contributed by atoms with E-state index in [9.17, 15) is 8.78 Å². The second-order valence-corrected chi connectivity index (χ2v) is 3.96. The number of alkyl halides is 2. The largest absolute Gasteiger partial charge is 0.361 e. The Kier molecular flexibility index (Phi) is 1.58. The molecule has 2 aromatic rings. The molecule has 0 amide bonds. The molecule has 0 unspecified atom stereocenters. The van der Waals surface area contributed by atoms with Crippen LogP contribution < -0.4 is 4.90 Å². The Balaban J connectivity index is 1.92. The summed E-state index contributed by atoms with van der Waals surface area (Å²) in [6.45, 7) is -0.328. The van der Waals surface area contributed by atoms with Gasteiger partial charge in [-0.2, -0.15) is 0 Å². The molecule has 2 nitrogen and oxygen atoms in total. The molecule has 1 N–H and O–H groups in total. The Hall–Kier alpha value is -1.58. The van der Waals surface area contributed by atoms with Crippen molar-refractivity contribution in [3.8, 4) is 0 Å². The van der Waals surface area contributed by atoms with Crippen LogP contribution in [-0.2, 0) is 0 Å². The highest BCUT2D eigenvalue weighted by molar-refractivity contribution is 5.83. The van der Waals surface area contributed by atoms with Crippen molar-refractivity contribution >= 4 is 16.6 Å². The first-order chi connectivity index (χ1) is 7.14. The van der Waals surface area contributed by atoms with E-state index in [1.165, 1.54) is 0 Å².